The molecule has 3 aromatic rings. The smallest absolute Gasteiger partial charge is 0.338 e. The molecule has 0 spiro atoms. The van der Waals surface area contributed by atoms with E-state index < -0.39 is 28.5 Å². The summed E-state index contributed by atoms with van der Waals surface area (Å²) in [7, 11) is -3.78. The second-order valence-corrected chi connectivity index (χ2v) is 10.1. The maximum Gasteiger partial charge on any atom is 0.338 e. The van der Waals surface area contributed by atoms with Gasteiger partial charge in [-0.15, -0.1) is 0 Å². The standard InChI is InChI=1S/C24H26N4O6S/c1-18-14-22(26-34-18)25-23(29)17-33-24(30)20-8-5-9-21(15-20)35(31,32)28-12-10-27(11-13-28)16-19-6-3-2-4-7-19/h2-9,14-15H,10-13,16-17H2,1H3,(H,25,26,29). The van der Waals surface area contributed by atoms with E-state index in [0.717, 1.165) is 6.54 Å². The summed E-state index contributed by atoms with van der Waals surface area (Å²) >= 11 is 0. The van der Waals surface area contributed by atoms with Crippen molar-refractivity contribution in [1.82, 2.24) is 14.4 Å². The molecule has 0 saturated carbocycles. The zero-order valence-corrected chi connectivity index (χ0v) is 20.0. The Hall–Kier alpha value is -3.54. The molecule has 1 fully saturated rings. The molecule has 35 heavy (non-hydrogen) atoms. The van der Waals surface area contributed by atoms with Gasteiger partial charge in [0.2, 0.25) is 10.0 Å². The number of esters is 1. The fraction of sp³-hybridized carbons (Fsp3) is 0.292. The van der Waals surface area contributed by atoms with Gasteiger partial charge in [-0.3, -0.25) is 9.69 Å². The molecule has 1 aliphatic rings. The van der Waals surface area contributed by atoms with Crippen molar-refractivity contribution >= 4 is 27.7 Å². The predicted molar refractivity (Wildman–Crippen MR) is 127 cm³/mol. The summed E-state index contributed by atoms with van der Waals surface area (Å²) in [6, 6.07) is 17.2. The molecule has 11 heteroatoms. The lowest BCUT2D eigenvalue weighted by Gasteiger charge is -2.34. The van der Waals surface area contributed by atoms with Crippen molar-refractivity contribution < 1.29 is 27.3 Å². The van der Waals surface area contributed by atoms with Gasteiger partial charge in [0, 0.05) is 38.8 Å². The first kappa shape index (κ1) is 24.6. The van der Waals surface area contributed by atoms with Crippen molar-refractivity contribution in [1.29, 1.82) is 0 Å². The summed E-state index contributed by atoms with van der Waals surface area (Å²) in [6.07, 6.45) is 0. The van der Waals surface area contributed by atoms with Crippen LogP contribution >= 0.6 is 0 Å². The molecule has 2 heterocycles. The van der Waals surface area contributed by atoms with E-state index >= 15 is 0 Å². The molecule has 0 atom stereocenters. The molecule has 0 aliphatic carbocycles. The third kappa shape index (κ3) is 6.32. The summed E-state index contributed by atoms with van der Waals surface area (Å²) in [5, 5.41) is 6.07. The molecule has 1 amide bonds. The highest BCUT2D eigenvalue weighted by Crippen LogP contribution is 2.20. The number of carbonyl (C=O) groups excluding carboxylic acids is 2. The van der Waals surface area contributed by atoms with Crippen LogP contribution in [0, 0.1) is 6.92 Å². The van der Waals surface area contributed by atoms with E-state index in [1.807, 2.05) is 30.3 Å². The van der Waals surface area contributed by atoms with Gasteiger partial charge < -0.3 is 14.6 Å². The van der Waals surface area contributed by atoms with Gasteiger partial charge in [-0.25, -0.2) is 13.2 Å². The van der Waals surface area contributed by atoms with E-state index in [4.69, 9.17) is 9.26 Å². The number of benzene rings is 2. The fourth-order valence-electron chi connectivity index (χ4n) is 3.72. The number of piperazine rings is 1. The molecule has 10 nitrogen and oxygen atoms in total. The Morgan fingerprint density at radius 2 is 1.77 bits per heavy atom. The van der Waals surface area contributed by atoms with E-state index in [0.29, 0.717) is 31.9 Å². The van der Waals surface area contributed by atoms with Crippen LogP contribution in [-0.4, -0.2) is 67.4 Å². The predicted octanol–water partition coefficient (Wildman–Crippen LogP) is 2.29. The molecule has 0 unspecified atom stereocenters. The molecule has 1 N–H and O–H groups in total. The summed E-state index contributed by atoms with van der Waals surface area (Å²) in [4.78, 5) is 26.6. The van der Waals surface area contributed by atoms with Gasteiger partial charge in [-0.05, 0) is 30.7 Å². The lowest BCUT2D eigenvalue weighted by atomic mass is 10.2. The van der Waals surface area contributed by atoms with E-state index in [-0.39, 0.29) is 16.3 Å². The Bertz CT molecular complexity index is 1280. The van der Waals surface area contributed by atoms with Gasteiger partial charge in [-0.2, -0.15) is 4.31 Å². The number of nitrogens with one attached hydrogen (secondary N) is 1. The maximum absolute atomic E-state index is 13.2. The lowest BCUT2D eigenvalue weighted by molar-refractivity contribution is -0.119. The van der Waals surface area contributed by atoms with Crippen LogP contribution < -0.4 is 5.32 Å². The minimum absolute atomic E-state index is 0.00554. The Labute approximate surface area is 203 Å². The highest BCUT2D eigenvalue weighted by atomic mass is 32.2. The van der Waals surface area contributed by atoms with Crippen molar-refractivity contribution in [2.45, 2.75) is 18.4 Å². The van der Waals surface area contributed by atoms with Crippen LogP contribution in [0.25, 0.3) is 0 Å². The molecular formula is C24H26N4O6S. The number of sulfonamides is 1. The number of aryl methyl sites for hydroxylation is 1. The quantitative estimate of drug-likeness (QED) is 0.470. The SMILES string of the molecule is Cc1cc(NC(=O)COC(=O)c2cccc(S(=O)(=O)N3CCN(Cc4ccccc4)CC3)c2)no1. The molecule has 4 rings (SSSR count). The van der Waals surface area contributed by atoms with E-state index in [9.17, 15) is 18.0 Å². The molecular weight excluding hydrogens is 472 g/mol. The number of ether oxygens (including phenoxy) is 1. The van der Waals surface area contributed by atoms with Gasteiger partial charge in [-0.1, -0.05) is 41.6 Å². The number of hydrogen-bond acceptors (Lipinski definition) is 8. The molecule has 0 bridgehead atoms. The van der Waals surface area contributed by atoms with Crippen LogP contribution in [0.5, 0.6) is 0 Å². The fourth-order valence-corrected chi connectivity index (χ4v) is 5.19. The summed E-state index contributed by atoms with van der Waals surface area (Å²) in [6.45, 7) is 3.81. The normalized spacial score (nSPS) is 15.0. The highest BCUT2D eigenvalue weighted by Gasteiger charge is 2.29. The van der Waals surface area contributed by atoms with Crippen molar-refractivity contribution in [2.75, 3.05) is 38.1 Å². The van der Waals surface area contributed by atoms with Crippen LogP contribution in [-0.2, 0) is 26.1 Å². The number of amides is 1. The number of aromatic nitrogens is 1. The lowest BCUT2D eigenvalue weighted by Crippen LogP contribution is -2.48. The van der Waals surface area contributed by atoms with Crippen molar-refractivity contribution in [3.05, 3.63) is 77.6 Å². The number of rotatable bonds is 8. The minimum atomic E-state index is -3.78. The van der Waals surface area contributed by atoms with Gasteiger partial charge in [0.1, 0.15) is 5.76 Å². The van der Waals surface area contributed by atoms with Crippen LogP contribution in [0.3, 0.4) is 0 Å². The molecule has 0 radical (unpaired) electrons. The Balaban J connectivity index is 1.33. The average Bonchev–Trinajstić information content (AvgIpc) is 3.28. The minimum Gasteiger partial charge on any atom is -0.452 e. The summed E-state index contributed by atoms with van der Waals surface area (Å²) in [5.41, 5.74) is 1.22. The second-order valence-electron chi connectivity index (χ2n) is 8.14. The highest BCUT2D eigenvalue weighted by molar-refractivity contribution is 7.89. The molecule has 184 valence electrons. The van der Waals surface area contributed by atoms with Gasteiger partial charge in [0.15, 0.2) is 12.4 Å². The monoisotopic (exact) mass is 498 g/mol. The largest absolute Gasteiger partial charge is 0.452 e. The Kier molecular flexibility index (Phi) is 7.59. The van der Waals surface area contributed by atoms with Crippen LogP contribution in [0.1, 0.15) is 21.7 Å². The number of carbonyl (C=O) groups is 2. The van der Waals surface area contributed by atoms with E-state index in [1.54, 1.807) is 6.92 Å². The van der Waals surface area contributed by atoms with Gasteiger partial charge in [0.05, 0.1) is 10.5 Å². The number of nitrogens with zero attached hydrogens (tertiary/aromatic N) is 3. The molecule has 1 saturated heterocycles. The number of hydrogen-bond donors (Lipinski definition) is 1. The maximum atomic E-state index is 13.2. The van der Waals surface area contributed by atoms with Crippen molar-refractivity contribution in [3.63, 3.8) is 0 Å². The first-order valence-electron chi connectivity index (χ1n) is 11.1. The third-order valence-electron chi connectivity index (χ3n) is 5.52. The summed E-state index contributed by atoms with van der Waals surface area (Å²) < 4.78 is 37.7. The number of anilines is 1. The van der Waals surface area contributed by atoms with Gasteiger partial charge in [0.25, 0.3) is 5.91 Å². The van der Waals surface area contributed by atoms with E-state index in [1.165, 1.54) is 40.2 Å². The van der Waals surface area contributed by atoms with Crippen LogP contribution in [0.2, 0.25) is 0 Å². The van der Waals surface area contributed by atoms with Gasteiger partial charge >= 0.3 is 5.97 Å². The summed E-state index contributed by atoms with van der Waals surface area (Å²) in [5.74, 6) is -0.668. The molecule has 1 aliphatic heterocycles. The van der Waals surface area contributed by atoms with E-state index in [2.05, 4.69) is 15.4 Å². The third-order valence-corrected chi connectivity index (χ3v) is 7.41. The zero-order chi connectivity index (χ0) is 24.8. The topological polar surface area (TPSA) is 122 Å². The van der Waals surface area contributed by atoms with Crippen LogP contribution in [0.15, 0.2) is 70.1 Å². The van der Waals surface area contributed by atoms with Crippen LogP contribution in [0.4, 0.5) is 5.82 Å². The first-order valence-corrected chi connectivity index (χ1v) is 12.5. The zero-order valence-electron chi connectivity index (χ0n) is 19.2. The van der Waals surface area contributed by atoms with Crippen molar-refractivity contribution in [2.24, 2.45) is 0 Å². The Morgan fingerprint density at radius 3 is 2.46 bits per heavy atom. The average molecular weight is 499 g/mol. The Morgan fingerprint density at radius 1 is 1.03 bits per heavy atom. The molecule has 2 aromatic carbocycles. The van der Waals surface area contributed by atoms with Crippen molar-refractivity contribution in [3.8, 4) is 0 Å². The second kappa shape index (κ2) is 10.8. The molecule has 1 aromatic heterocycles. The first-order chi connectivity index (χ1) is 16.8.